The number of ketones is 1. The fraction of sp³-hybridized carbons (Fsp3) is 0.846. The van der Waals surface area contributed by atoms with Crippen LogP contribution in [-0.2, 0) is 9.53 Å². The molecule has 1 saturated carbocycles. The maximum atomic E-state index is 11.9. The lowest BCUT2D eigenvalue weighted by atomic mass is 9.92. The zero-order chi connectivity index (χ0) is 12.6. The summed E-state index contributed by atoms with van der Waals surface area (Å²) in [5, 5.41) is 0. The molecule has 4 heteroatoms. The van der Waals surface area contributed by atoms with Gasteiger partial charge in [-0.05, 0) is 39.5 Å². The molecule has 0 aromatic heterocycles. The van der Waals surface area contributed by atoms with Crippen LogP contribution in [0.25, 0.3) is 0 Å². The van der Waals surface area contributed by atoms with Crippen LogP contribution in [0, 0.1) is 11.8 Å². The molecule has 0 aromatic rings. The maximum absolute atomic E-state index is 11.9. The van der Waals surface area contributed by atoms with E-state index < -0.39 is 5.60 Å². The first-order valence-corrected chi connectivity index (χ1v) is 6.37. The van der Waals surface area contributed by atoms with Gasteiger partial charge in [-0.2, -0.15) is 0 Å². The predicted octanol–water partition coefficient (Wildman–Crippen LogP) is 2.22. The van der Waals surface area contributed by atoms with Crippen LogP contribution in [0.4, 0.5) is 4.79 Å². The zero-order valence-corrected chi connectivity index (χ0v) is 10.9. The minimum absolute atomic E-state index is 0.0660. The molecule has 0 aromatic carbocycles. The molecule has 1 aliphatic heterocycles. The van der Waals surface area contributed by atoms with Crippen molar-refractivity contribution in [3.63, 3.8) is 0 Å². The van der Waals surface area contributed by atoms with Crippen LogP contribution < -0.4 is 0 Å². The molecule has 1 unspecified atom stereocenters. The molecule has 0 radical (unpaired) electrons. The number of likely N-dealkylation sites (tertiary alicyclic amines) is 1. The van der Waals surface area contributed by atoms with Gasteiger partial charge in [0.05, 0.1) is 0 Å². The number of hydrogen-bond donors (Lipinski definition) is 0. The summed E-state index contributed by atoms with van der Waals surface area (Å²) in [7, 11) is 0. The van der Waals surface area contributed by atoms with Crippen LogP contribution in [0.1, 0.15) is 40.0 Å². The van der Waals surface area contributed by atoms with Crippen molar-refractivity contribution < 1.29 is 14.3 Å². The van der Waals surface area contributed by atoms with Gasteiger partial charge in [0, 0.05) is 25.4 Å². The largest absolute Gasteiger partial charge is 0.444 e. The molecule has 4 nitrogen and oxygen atoms in total. The number of ether oxygens (including phenoxy) is 1. The lowest BCUT2D eigenvalue weighted by molar-refractivity contribution is -0.126. The smallest absolute Gasteiger partial charge is 0.410 e. The minimum Gasteiger partial charge on any atom is -0.444 e. The second-order valence-corrected chi connectivity index (χ2v) is 6.09. The zero-order valence-electron chi connectivity index (χ0n) is 10.9. The number of carbonyl (C=O) groups excluding carboxylic acids is 2. The number of amides is 1. The van der Waals surface area contributed by atoms with Gasteiger partial charge in [-0.3, -0.25) is 4.79 Å². The topological polar surface area (TPSA) is 46.6 Å². The number of Topliss-reactive ketones (excluding diaryl/α,β-unsaturated/α-hetero) is 1. The van der Waals surface area contributed by atoms with Crippen LogP contribution in [0.2, 0.25) is 0 Å². The van der Waals surface area contributed by atoms with E-state index in [1.165, 1.54) is 0 Å². The molecule has 0 N–H and O–H groups in total. The van der Waals surface area contributed by atoms with Crippen LogP contribution in [0.15, 0.2) is 0 Å². The molecule has 2 fully saturated rings. The molecule has 0 spiro atoms. The Kier molecular flexibility index (Phi) is 3.15. The second-order valence-electron chi connectivity index (χ2n) is 6.09. The van der Waals surface area contributed by atoms with Crippen molar-refractivity contribution in [2.45, 2.75) is 45.6 Å². The van der Waals surface area contributed by atoms with Gasteiger partial charge in [0.25, 0.3) is 0 Å². The lowest BCUT2D eigenvalue weighted by Crippen LogP contribution is -2.46. The Morgan fingerprint density at radius 3 is 2.53 bits per heavy atom. The lowest BCUT2D eigenvalue weighted by Gasteiger charge is -2.33. The van der Waals surface area contributed by atoms with E-state index in [1.54, 1.807) is 4.90 Å². The Bertz CT molecular complexity index is 328. The van der Waals surface area contributed by atoms with Crippen molar-refractivity contribution in [2.24, 2.45) is 11.8 Å². The van der Waals surface area contributed by atoms with Gasteiger partial charge in [0.1, 0.15) is 11.4 Å². The predicted molar refractivity (Wildman–Crippen MR) is 63.6 cm³/mol. The van der Waals surface area contributed by atoms with E-state index in [0.717, 1.165) is 12.8 Å². The Morgan fingerprint density at radius 2 is 2.00 bits per heavy atom. The van der Waals surface area contributed by atoms with Gasteiger partial charge in [-0.1, -0.05) is 0 Å². The van der Waals surface area contributed by atoms with Gasteiger partial charge < -0.3 is 9.64 Å². The number of carbonyl (C=O) groups is 2. The van der Waals surface area contributed by atoms with Crippen molar-refractivity contribution in [1.82, 2.24) is 4.90 Å². The normalized spacial score (nSPS) is 25.9. The SMILES string of the molecule is CC(C)(C)OC(=O)N1CCC(=O)C(C2CC2)C1. The van der Waals surface area contributed by atoms with Crippen LogP contribution in [-0.4, -0.2) is 35.5 Å². The third-order valence-corrected chi connectivity index (χ3v) is 3.30. The fourth-order valence-electron chi connectivity index (χ4n) is 2.26. The summed E-state index contributed by atoms with van der Waals surface area (Å²) in [6, 6.07) is 0. The Balaban J connectivity index is 1.93. The molecule has 0 bridgehead atoms. The highest BCUT2D eigenvalue weighted by atomic mass is 16.6. The van der Waals surface area contributed by atoms with Crippen LogP contribution in [0.3, 0.4) is 0 Å². The number of hydrogen-bond acceptors (Lipinski definition) is 3. The van der Waals surface area contributed by atoms with Gasteiger partial charge >= 0.3 is 6.09 Å². The van der Waals surface area contributed by atoms with Gasteiger partial charge in [0.15, 0.2) is 0 Å². The summed E-state index contributed by atoms with van der Waals surface area (Å²) in [6.45, 7) is 6.64. The first kappa shape index (κ1) is 12.4. The Labute approximate surface area is 102 Å². The van der Waals surface area contributed by atoms with Crippen LogP contribution >= 0.6 is 0 Å². The van der Waals surface area contributed by atoms with E-state index in [2.05, 4.69) is 0 Å². The fourth-order valence-corrected chi connectivity index (χ4v) is 2.26. The maximum Gasteiger partial charge on any atom is 0.410 e. The minimum atomic E-state index is -0.465. The number of piperidine rings is 1. The van der Waals surface area contributed by atoms with Crippen molar-refractivity contribution in [2.75, 3.05) is 13.1 Å². The number of nitrogens with zero attached hydrogens (tertiary/aromatic N) is 1. The average Bonchev–Trinajstić information content (AvgIpc) is 2.99. The summed E-state index contributed by atoms with van der Waals surface area (Å²) >= 11 is 0. The first-order chi connectivity index (χ1) is 7.87. The number of rotatable bonds is 1. The van der Waals surface area contributed by atoms with E-state index in [9.17, 15) is 9.59 Å². The van der Waals surface area contributed by atoms with Crippen molar-refractivity contribution >= 4 is 11.9 Å². The third-order valence-electron chi connectivity index (χ3n) is 3.30. The third kappa shape index (κ3) is 3.20. The summed E-state index contributed by atoms with van der Waals surface area (Å²) in [4.78, 5) is 25.3. The van der Waals surface area contributed by atoms with E-state index in [0.29, 0.717) is 31.2 Å². The standard InChI is InChI=1S/C13H21NO3/c1-13(2,3)17-12(16)14-7-6-11(15)10(8-14)9-4-5-9/h9-10H,4-8H2,1-3H3. The quantitative estimate of drug-likeness (QED) is 0.705. The second kappa shape index (κ2) is 4.31. The molecule has 1 aliphatic carbocycles. The van der Waals surface area contributed by atoms with Gasteiger partial charge in [-0.25, -0.2) is 4.79 Å². The van der Waals surface area contributed by atoms with Crippen LogP contribution in [0.5, 0.6) is 0 Å². The van der Waals surface area contributed by atoms with Gasteiger partial charge in [-0.15, -0.1) is 0 Å². The molecule has 1 amide bonds. The molecular formula is C13H21NO3. The first-order valence-electron chi connectivity index (χ1n) is 6.37. The van der Waals surface area contributed by atoms with E-state index in [1.807, 2.05) is 20.8 Å². The summed E-state index contributed by atoms with van der Waals surface area (Å²) in [6.07, 6.45) is 2.48. The molecule has 2 aliphatic rings. The molecule has 1 atom stereocenters. The van der Waals surface area contributed by atoms with Crippen molar-refractivity contribution in [3.8, 4) is 0 Å². The Morgan fingerprint density at radius 1 is 1.35 bits per heavy atom. The van der Waals surface area contributed by atoms with Crippen molar-refractivity contribution in [1.29, 1.82) is 0 Å². The monoisotopic (exact) mass is 239 g/mol. The summed E-state index contributed by atoms with van der Waals surface area (Å²) in [5.41, 5.74) is -0.465. The molecule has 96 valence electrons. The Hall–Kier alpha value is -1.06. The molecular weight excluding hydrogens is 218 g/mol. The average molecular weight is 239 g/mol. The highest BCUT2D eigenvalue weighted by Crippen LogP contribution is 2.39. The highest BCUT2D eigenvalue weighted by Gasteiger charge is 2.41. The summed E-state index contributed by atoms with van der Waals surface area (Å²) < 4.78 is 5.34. The van der Waals surface area contributed by atoms with E-state index in [4.69, 9.17) is 4.74 Å². The van der Waals surface area contributed by atoms with Crippen molar-refractivity contribution in [3.05, 3.63) is 0 Å². The summed E-state index contributed by atoms with van der Waals surface area (Å²) in [5.74, 6) is 0.913. The molecule has 17 heavy (non-hydrogen) atoms. The van der Waals surface area contributed by atoms with E-state index >= 15 is 0 Å². The van der Waals surface area contributed by atoms with E-state index in [-0.39, 0.29) is 12.0 Å². The van der Waals surface area contributed by atoms with Gasteiger partial charge in [0.2, 0.25) is 0 Å². The molecule has 1 heterocycles. The molecule has 1 saturated heterocycles. The highest BCUT2D eigenvalue weighted by molar-refractivity contribution is 5.84. The molecule has 2 rings (SSSR count).